The Hall–Kier alpha value is -1.81. The molecule has 0 atom stereocenters. The first-order valence-electron chi connectivity index (χ1n) is 6.14. The van der Waals surface area contributed by atoms with Crippen LogP contribution < -0.4 is 4.74 Å². The van der Waals surface area contributed by atoms with Crippen molar-refractivity contribution in [1.29, 1.82) is 0 Å². The van der Waals surface area contributed by atoms with E-state index in [0.29, 0.717) is 12.4 Å². The summed E-state index contributed by atoms with van der Waals surface area (Å²) in [6.07, 6.45) is 1.01. The summed E-state index contributed by atoms with van der Waals surface area (Å²) in [5.74, 6) is -0.533. The molecule has 100 valence electrons. The van der Waals surface area contributed by atoms with Crippen LogP contribution >= 0.6 is 11.3 Å². The molecule has 0 unspecified atom stereocenters. The quantitative estimate of drug-likeness (QED) is 0.901. The normalized spacial score (nSPS) is 10.4. The Bertz CT molecular complexity index is 587. The van der Waals surface area contributed by atoms with E-state index in [2.05, 4.69) is 13.0 Å². The minimum absolute atomic E-state index is 0.206. The molecule has 19 heavy (non-hydrogen) atoms. The second kappa shape index (κ2) is 5.89. The fraction of sp³-hybridized carbons (Fsp3) is 0.267. The topological polar surface area (TPSA) is 46.5 Å². The largest absolute Gasteiger partial charge is 0.487 e. The highest BCUT2D eigenvalue weighted by Gasteiger charge is 2.11. The number of carboxylic acid groups (broad SMARTS) is 1. The van der Waals surface area contributed by atoms with Crippen molar-refractivity contribution in [2.45, 2.75) is 26.9 Å². The van der Waals surface area contributed by atoms with Crippen LogP contribution in [0, 0.1) is 6.92 Å². The lowest BCUT2D eigenvalue weighted by molar-refractivity contribution is 0.0692. The first-order chi connectivity index (χ1) is 9.10. The first-order valence-corrected chi connectivity index (χ1v) is 6.96. The van der Waals surface area contributed by atoms with Gasteiger partial charge >= 0.3 is 5.97 Å². The van der Waals surface area contributed by atoms with Crippen molar-refractivity contribution in [1.82, 2.24) is 0 Å². The van der Waals surface area contributed by atoms with Crippen LogP contribution in [0.4, 0.5) is 0 Å². The van der Waals surface area contributed by atoms with Crippen LogP contribution in [0.3, 0.4) is 0 Å². The van der Waals surface area contributed by atoms with E-state index in [4.69, 9.17) is 9.84 Å². The van der Waals surface area contributed by atoms with Gasteiger partial charge in [0.1, 0.15) is 17.9 Å². The summed E-state index contributed by atoms with van der Waals surface area (Å²) in [6, 6.07) is 9.23. The van der Waals surface area contributed by atoms with E-state index in [1.54, 1.807) is 29.5 Å². The van der Waals surface area contributed by atoms with Crippen molar-refractivity contribution in [2.24, 2.45) is 0 Å². The van der Waals surface area contributed by atoms with Gasteiger partial charge in [0.05, 0.1) is 0 Å². The Morgan fingerprint density at radius 1 is 1.26 bits per heavy atom. The Morgan fingerprint density at radius 3 is 2.63 bits per heavy atom. The summed E-state index contributed by atoms with van der Waals surface area (Å²) in [5, 5.41) is 9.12. The number of carboxylic acids is 1. The van der Waals surface area contributed by atoms with Crippen LogP contribution in [0.2, 0.25) is 0 Å². The molecule has 0 spiro atoms. The number of thiophene rings is 1. The molecule has 0 saturated heterocycles. The fourth-order valence-electron chi connectivity index (χ4n) is 1.76. The summed E-state index contributed by atoms with van der Waals surface area (Å²) < 4.78 is 5.65. The summed E-state index contributed by atoms with van der Waals surface area (Å²) in [4.78, 5) is 13.5. The highest BCUT2D eigenvalue weighted by atomic mass is 32.1. The van der Waals surface area contributed by atoms with Crippen LogP contribution in [-0.4, -0.2) is 11.1 Å². The predicted molar refractivity (Wildman–Crippen MR) is 76.2 cm³/mol. The molecule has 3 nitrogen and oxygen atoms in total. The van der Waals surface area contributed by atoms with Gasteiger partial charge in [0, 0.05) is 9.75 Å². The molecule has 0 bridgehead atoms. The molecule has 1 aromatic heterocycles. The third-order valence-corrected chi connectivity index (χ3v) is 4.01. The summed E-state index contributed by atoms with van der Waals surface area (Å²) in [5.41, 5.74) is 1.19. The van der Waals surface area contributed by atoms with Gasteiger partial charge in [-0.3, -0.25) is 0 Å². The molecule has 1 aromatic carbocycles. The zero-order chi connectivity index (χ0) is 13.8. The van der Waals surface area contributed by atoms with Crippen molar-refractivity contribution in [2.75, 3.05) is 0 Å². The van der Waals surface area contributed by atoms with Gasteiger partial charge in [-0.15, -0.1) is 11.3 Å². The summed E-state index contributed by atoms with van der Waals surface area (Å²) in [7, 11) is 0. The van der Waals surface area contributed by atoms with Crippen molar-refractivity contribution in [3.63, 3.8) is 0 Å². The Balaban J connectivity index is 2.14. The molecule has 2 aromatic rings. The molecular weight excluding hydrogens is 260 g/mol. The third kappa shape index (κ3) is 3.35. The predicted octanol–water partition coefficient (Wildman–Crippen LogP) is 3.90. The van der Waals surface area contributed by atoms with Crippen molar-refractivity contribution >= 4 is 17.3 Å². The van der Waals surface area contributed by atoms with Crippen molar-refractivity contribution in [3.05, 3.63) is 51.2 Å². The number of hydrogen-bond acceptors (Lipinski definition) is 3. The zero-order valence-corrected chi connectivity index (χ0v) is 11.8. The molecule has 0 fully saturated rings. The lowest BCUT2D eigenvalue weighted by Gasteiger charge is -2.09. The summed E-state index contributed by atoms with van der Waals surface area (Å²) in [6.45, 7) is 4.44. The fourth-order valence-corrected chi connectivity index (χ4v) is 2.64. The molecule has 0 aliphatic rings. The number of benzene rings is 1. The van der Waals surface area contributed by atoms with Crippen molar-refractivity contribution in [3.8, 4) is 5.75 Å². The van der Waals surface area contributed by atoms with E-state index in [9.17, 15) is 4.79 Å². The standard InChI is InChI=1S/C15H16O3S/c1-3-11-5-6-12(19-11)9-18-14-8-10(2)4-7-13(14)15(16)17/h4-8H,3,9H2,1-2H3,(H,16,17). The van der Waals surface area contributed by atoms with Crippen LogP contribution in [0.1, 0.15) is 32.6 Å². The SMILES string of the molecule is CCc1ccc(COc2cc(C)ccc2C(=O)O)s1. The van der Waals surface area contributed by atoms with Crippen LogP contribution in [0.25, 0.3) is 0 Å². The molecule has 0 aliphatic heterocycles. The average Bonchev–Trinajstić information content (AvgIpc) is 2.84. The maximum atomic E-state index is 11.1. The van der Waals surface area contributed by atoms with Gasteiger partial charge < -0.3 is 9.84 Å². The minimum Gasteiger partial charge on any atom is -0.487 e. The number of carbonyl (C=O) groups is 1. The molecule has 2 rings (SSSR count). The first kappa shape index (κ1) is 13.6. The third-order valence-electron chi connectivity index (χ3n) is 2.80. The number of hydrogen-bond donors (Lipinski definition) is 1. The lowest BCUT2D eigenvalue weighted by atomic mass is 10.1. The van der Waals surface area contributed by atoms with Gasteiger partial charge in [0.15, 0.2) is 0 Å². The molecular formula is C15H16O3S. The molecule has 0 radical (unpaired) electrons. The Kier molecular flexibility index (Phi) is 4.22. The lowest BCUT2D eigenvalue weighted by Crippen LogP contribution is -2.03. The van der Waals surface area contributed by atoms with E-state index >= 15 is 0 Å². The van der Waals surface area contributed by atoms with E-state index in [1.807, 2.05) is 13.0 Å². The monoisotopic (exact) mass is 276 g/mol. The molecule has 0 aliphatic carbocycles. The van der Waals surface area contributed by atoms with E-state index in [1.165, 1.54) is 4.88 Å². The maximum absolute atomic E-state index is 11.1. The van der Waals surface area contributed by atoms with Crippen molar-refractivity contribution < 1.29 is 14.6 Å². The highest BCUT2D eigenvalue weighted by Crippen LogP contribution is 2.23. The van der Waals surface area contributed by atoms with Crippen LogP contribution in [-0.2, 0) is 13.0 Å². The van der Waals surface area contributed by atoms with Crippen LogP contribution in [0.15, 0.2) is 30.3 Å². The van der Waals surface area contributed by atoms with Gasteiger partial charge in [0.25, 0.3) is 0 Å². The molecule has 0 amide bonds. The van der Waals surface area contributed by atoms with Gasteiger partial charge in [0.2, 0.25) is 0 Å². The zero-order valence-electron chi connectivity index (χ0n) is 11.0. The molecule has 4 heteroatoms. The van der Waals surface area contributed by atoms with Gasteiger partial charge in [-0.05, 0) is 43.2 Å². The number of ether oxygens (including phenoxy) is 1. The van der Waals surface area contributed by atoms with Gasteiger partial charge in [-0.25, -0.2) is 4.79 Å². The average molecular weight is 276 g/mol. The second-order valence-electron chi connectivity index (χ2n) is 4.32. The highest BCUT2D eigenvalue weighted by molar-refractivity contribution is 7.11. The van der Waals surface area contributed by atoms with Gasteiger partial charge in [-0.1, -0.05) is 13.0 Å². The van der Waals surface area contributed by atoms with E-state index in [-0.39, 0.29) is 5.56 Å². The second-order valence-corrected chi connectivity index (χ2v) is 5.57. The number of rotatable bonds is 5. The molecule has 1 N–H and O–H groups in total. The maximum Gasteiger partial charge on any atom is 0.339 e. The summed E-state index contributed by atoms with van der Waals surface area (Å²) >= 11 is 1.70. The smallest absolute Gasteiger partial charge is 0.339 e. The Labute approximate surface area is 116 Å². The van der Waals surface area contributed by atoms with E-state index < -0.39 is 5.97 Å². The molecule has 1 heterocycles. The number of aromatic carboxylic acids is 1. The minimum atomic E-state index is -0.963. The molecule has 0 saturated carbocycles. The Morgan fingerprint density at radius 2 is 2.00 bits per heavy atom. The number of aryl methyl sites for hydroxylation is 2. The van der Waals surface area contributed by atoms with E-state index in [0.717, 1.165) is 16.9 Å². The van der Waals surface area contributed by atoms with Crippen LogP contribution in [0.5, 0.6) is 5.75 Å². The van der Waals surface area contributed by atoms with Gasteiger partial charge in [-0.2, -0.15) is 0 Å².